The smallest absolute Gasteiger partial charge is 0.243 e. The van der Waals surface area contributed by atoms with Gasteiger partial charge in [0.1, 0.15) is 6.04 Å². The number of thioether (sulfide) groups is 1. The molecule has 38 heavy (non-hydrogen) atoms. The molecule has 3 aromatic rings. The van der Waals surface area contributed by atoms with Crippen molar-refractivity contribution in [1.29, 1.82) is 0 Å². The minimum Gasteiger partial charge on any atom is -0.352 e. The number of carbonyl (C=O) groups excluding carboxylic acids is 2. The Morgan fingerprint density at radius 2 is 1.63 bits per heavy atom. The van der Waals surface area contributed by atoms with Crippen molar-refractivity contribution >= 4 is 70.0 Å². The average molecular weight is 612 g/mol. The standard InChI is InChI=1S/C29H30Cl4N2O2S/c1-3-19(2)34-29(37)27(14-20-7-5-4-6-8-20)35(16-22-10-11-23(30)15-25(22)32)28(36)18-38-17-21-9-12-24(31)26(33)13-21/h4-13,15,19,27H,3,14,16-18H2,1-2H3,(H,34,37). The Balaban J connectivity index is 1.88. The van der Waals surface area contributed by atoms with E-state index >= 15 is 0 Å². The summed E-state index contributed by atoms with van der Waals surface area (Å²) in [7, 11) is 0. The molecule has 9 heteroatoms. The van der Waals surface area contributed by atoms with Gasteiger partial charge in [0.2, 0.25) is 11.8 Å². The van der Waals surface area contributed by atoms with Gasteiger partial charge in [0.25, 0.3) is 0 Å². The van der Waals surface area contributed by atoms with Gasteiger partial charge in [-0.15, -0.1) is 11.8 Å². The monoisotopic (exact) mass is 610 g/mol. The van der Waals surface area contributed by atoms with E-state index < -0.39 is 6.04 Å². The fourth-order valence-electron chi connectivity index (χ4n) is 3.80. The highest BCUT2D eigenvalue weighted by Gasteiger charge is 2.31. The van der Waals surface area contributed by atoms with Crippen molar-refractivity contribution < 1.29 is 9.59 Å². The predicted molar refractivity (Wildman–Crippen MR) is 161 cm³/mol. The van der Waals surface area contributed by atoms with Crippen molar-refractivity contribution in [2.45, 2.75) is 51.1 Å². The maximum Gasteiger partial charge on any atom is 0.243 e. The normalized spacial score (nSPS) is 12.6. The van der Waals surface area contributed by atoms with Gasteiger partial charge in [-0.05, 0) is 54.3 Å². The van der Waals surface area contributed by atoms with E-state index in [1.807, 2.05) is 50.2 Å². The largest absolute Gasteiger partial charge is 0.352 e. The number of benzene rings is 3. The van der Waals surface area contributed by atoms with Crippen molar-refractivity contribution in [1.82, 2.24) is 10.2 Å². The zero-order chi connectivity index (χ0) is 27.7. The summed E-state index contributed by atoms with van der Waals surface area (Å²) < 4.78 is 0. The minimum atomic E-state index is -0.726. The molecule has 3 aromatic carbocycles. The number of carbonyl (C=O) groups is 2. The predicted octanol–water partition coefficient (Wildman–Crippen LogP) is 8.09. The minimum absolute atomic E-state index is 0.0270. The van der Waals surface area contributed by atoms with Crippen LogP contribution in [0.4, 0.5) is 0 Å². The summed E-state index contributed by atoms with van der Waals surface area (Å²) in [5.74, 6) is 0.381. The molecule has 0 aromatic heterocycles. The average Bonchev–Trinajstić information content (AvgIpc) is 2.89. The Hall–Kier alpha value is -1.89. The third-order valence-corrected chi connectivity index (χ3v) is 8.42. The van der Waals surface area contributed by atoms with Crippen molar-refractivity contribution in [2.75, 3.05) is 5.75 Å². The van der Waals surface area contributed by atoms with Crippen LogP contribution in [0.15, 0.2) is 66.7 Å². The molecule has 0 aliphatic rings. The lowest BCUT2D eigenvalue weighted by Gasteiger charge is -2.32. The Kier molecular flexibility index (Phi) is 12.1. The zero-order valence-corrected chi connectivity index (χ0v) is 25.1. The number of rotatable bonds is 12. The van der Waals surface area contributed by atoms with Gasteiger partial charge in [-0.3, -0.25) is 9.59 Å². The number of nitrogens with one attached hydrogen (secondary N) is 1. The third-order valence-electron chi connectivity index (χ3n) is 6.11. The van der Waals surface area contributed by atoms with Crippen LogP contribution in [-0.4, -0.2) is 34.6 Å². The molecule has 0 bridgehead atoms. The van der Waals surface area contributed by atoms with Crippen LogP contribution in [0.5, 0.6) is 0 Å². The lowest BCUT2D eigenvalue weighted by Crippen LogP contribution is -2.52. The molecule has 4 nitrogen and oxygen atoms in total. The second-order valence-corrected chi connectivity index (χ2v) is 11.7. The van der Waals surface area contributed by atoms with Gasteiger partial charge in [0, 0.05) is 34.8 Å². The van der Waals surface area contributed by atoms with Gasteiger partial charge >= 0.3 is 0 Å². The molecule has 0 saturated heterocycles. The number of hydrogen-bond donors (Lipinski definition) is 1. The summed E-state index contributed by atoms with van der Waals surface area (Å²) in [5, 5.41) is 4.97. The fraction of sp³-hybridized carbons (Fsp3) is 0.310. The molecule has 0 saturated carbocycles. The van der Waals surface area contributed by atoms with Crippen molar-refractivity contribution in [3.63, 3.8) is 0 Å². The Labute approximate surface area is 249 Å². The lowest BCUT2D eigenvalue weighted by atomic mass is 10.0. The Morgan fingerprint density at radius 1 is 0.895 bits per heavy atom. The molecule has 202 valence electrons. The van der Waals surface area contributed by atoms with E-state index in [0.717, 1.165) is 17.5 Å². The van der Waals surface area contributed by atoms with Gasteiger partial charge in [-0.1, -0.05) is 95.8 Å². The Morgan fingerprint density at radius 3 is 2.29 bits per heavy atom. The first-order valence-corrected chi connectivity index (χ1v) is 14.9. The van der Waals surface area contributed by atoms with E-state index in [9.17, 15) is 9.59 Å². The second-order valence-electron chi connectivity index (χ2n) is 9.02. The van der Waals surface area contributed by atoms with E-state index in [4.69, 9.17) is 46.4 Å². The number of halogens is 4. The van der Waals surface area contributed by atoms with Crippen molar-refractivity contribution in [3.05, 3.63) is 104 Å². The van der Waals surface area contributed by atoms with E-state index in [2.05, 4.69) is 5.32 Å². The molecular formula is C29H30Cl4N2O2S. The topological polar surface area (TPSA) is 49.4 Å². The highest BCUT2D eigenvalue weighted by Crippen LogP contribution is 2.27. The van der Waals surface area contributed by atoms with Gasteiger partial charge in [-0.2, -0.15) is 0 Å². The molecule has 0 radical (unpaired) electrons. The third kappa shape index (κ3) is 9.10. The molecule has 1 N–H and O–H groups in total. The molecule has 2 amide bonds. The molecule has 2 unspecified atom stereocenters. The lowest BCUT2D eigenvalue weighted by molar-refractivity contribution is -0.139. The van der Waals surface area contributed by atoms with Crippen LogP contribution in [0.3, 0.4) is 0 Å². The number of nitrogens with zero attached hydrogens (tertiary/aromatic N) is 1. The molecule has 0 spiro atoms. The van der Waals surface area contributed by atoms with Crippen LogP contribution >= 0.6 is 58.2 Å². The maximum atomic E-state index is 13.7. The highest BCUT2D eigenvalue weighted by atomic mass is 35.5. The summed E-state index contributed by atoms with van der Waals surface area (Å²) in [6.07, 6.45) is 1.15. The van der Waals surface area contributed by atoms with Gasteiger partial charge in [0.15, 0.2) is 0 Å². The van der Waals surface area contributed by atoms with Gasteiger partial charge < -0.3 is 10.2 Å². The Bertz CT molecular complexity index is 1240. The van der Waals surface area contributed by atoms with Gasteiger partial charge in [-0.25, -0.2) is 0 Å². The maximum absolute atomic E-state index is 13.7. The molecule has 0 heterocycles. The first kappa shape index (κ1) is 30.6. The zero-order valence-electron chi connectivity index (χ0n) is 21.2. The molecule has 0 fully saturated rings. The number of amides is 2. The quantitative estimate of drug-likeness (QED) is 0.225. The molecule has 3 rings (SSSR count). The molecule has 0 aliphatic heterocycles. The summed E-state index contributed by atoms with van der Waals surface area (Å²) in [6.45, 7) is 4.13. The summed E-state index contributed by atoms with van der Waals surface area (Å²) >= 11 is 26.2. The van der Waals surface area contributed by atoms with E-state index in [0.29, 0.717) is 37.8 Å². The highest BCUT2D eigenvalue weighted by molar-refractivity contribution is 7.99. The van der Waals surface area contributed by atoms with Gasteiger partial charge in [0.05, 0.1) is 15.8 Å². The molecular weight excluding hydrogens is 582 g/mol. The van der Waals surface area contributed by atoms with Crippen LogP contribution < -0.4 is 5.32 Å². The molecule has 2 atom stereocenters. The summed E-state index contributed by atoms with van der Waals surface area (Å²) in [5.41, 5.74) is 2.63. The first-order valence-electron chi connectivity index (χ1n) is 12.3. The van der Waals surface area contributed by atoms with E-state index in [-0.39, 0.29) is 30.2 Å². The van der Waals surface area contributed by atoms with Crippen molar-refractivity contribution in [2.24, 2.45) is 0 Å². The first-order chi connectivity index (χ1) is 18.2. The van der Waals surface area contributed by atoms with Crippen LogP contribution in [-0.2, 0) is 28.3 Å². The second kappa shape index (κ2) is 15.0. The SMILES string of the molecule is CCC(C)NC(=O)C(Cc1ccccc1)N(Cc1ccc(Cl)cc1Cl)C(=O)CSCc1ccc(Cl)c(Cl)c1. The summed E-state index contributed by atoms with van der Waals surface area (Å²) in [4.78, 5) is 28.9. The van der Waals surface area contributed by atoms with E-state index in [1.165, 1.54) is 11.8 Å². The van der Waals surface area contributed by atoms with E-state index in [1.54, 1.807) is 35.2 Å². The molecule has 0 aliphatic carbocycles. The van der Waals surface area contributed by atoms with Crippen LogP contribution in [0.25, 0.3) is 0 Å². The van der Waals surface area contributed by atoms with Crippen LogP contribution in [0, 0.1) is 0 Å². The fourth-order valence-corrected chi connectivity index (χ4v) is 5.44. The summed E-state index contributed by atoms with van der Waals surface area (Å²) in [6, 6.07) is 19.5. The van der Waals surface area contributed by atoms with Crippen LogP contribution in [0.1, 0.15) is 37.0 Å². The van der Waals surface area contributed by atoms with Crippen molar-refractivity contribution in [3.8, 4) is 0 Å². The number of hydrogen-bond acceptors (Lipinski definition) is 3. The van der Waals surface area contributed by atoms with Crippen LogP contribution in [0.2, 0.25) is 20.1 Å².